The van der Waals surface area contributed by atoms with Crippen molar-refractivity contribution >= 4 is 5.91 Å². The summed E-state index contributed by atoms with van der Waals surface area (Å²) in [6.45, 7) is 2.57. The van der Waals surface area contributed by atoms with Crippen LogP contribution in [0.25, 0.3) is 0 Å². The molecule has 5 heteroatoms. The average Bonchev–Trinajstić information content (AvgIpc) is 2.28. The first kappa shape index (κ1) is 15.4. The van der Waals surface area contributed by atoms with E-state index in [-0.39, 0.29) is 11.4 Å². The summed E-state index contributed by atoms with van der Waals surface area (Å²) in [6, 6.07) is 0. The van der Waals surface area contributed by atoms with Crippen LogP contribution in [0, 0.1) is 0 Å². The Labute approximate surface area is 110 Å². The van der Waals surface area contributed by atoms with E-state index in [1.165, 1.54) is 19.3 Å². The van der Waals surface area contributed by atoms with Gasteiger partial charge < -0.3 is 19.9 Å². The maximum absolute atomic E-state index is 12.0. The summed E-state index contributed by atoms with van der Waals surface area (Å²) in [4.78, 5) is 16.1. The van der Waals surface area contributed by atoms with E-state index < -0.39 is 0 Å². The monoisotopic (exact) mass is 257 g/mol. The van der Waals surface area contributed by atoms with E-state index in [0.717, 1.165) is 13.1 Å². The Bertz CT molecular complexity index is 265. The number of carbonyl (C=O) groups excluding carboxylic acids is 1. The molecule has 0 aromatic carbocycles. The predicted molar refractivity (Wildman–Crippen MR) is 72.7 cm³/mol. The van der Waals surface area contributed by atoms with Gasteiger partial charge in [-0.05, 0) is 33.4 Å². The molecule has 5 nitrogen and oxygen atoms in total. The lowest BCUT2D eigenvalue weighted by molar-refractivity contribution is -0.131. The maximum atomic E-state index is 12.0. The number of amides is 1. The smallest absolute Gasteiger partial charge is 0.236 e. The van der Waals surface area contributed by atoms with Crippen molar-refractivity contribution in [1.82, 2.24) is 15.1 Å². The number of methoxy groups -OCH3 is 1. The normalized spacial score (nSPS) is 17.6. The highest BCUT2D eigenvalue weighted by atomic mass is 16.5. The second kappa shape index (κ2) is 7.07. The van der Waals surface area contributed by atoms with Crippen LogP contribution in [0.3, 0.4) is 0 Å². The van der Waals surface area contributed by atoms with E-state index >= 15 is 0 Å². The van der Waals surface area contributed by atoms with Crippen LogP contribution in [-0.2, 0) is 9.53 Å². The van der Waals surface area contributed by atoms with E-state index in [0.29, 0.717) is 13.2 Å². The second-order valence-electron chi connectivity index (χ2n) is 5.39. The molecule has 18 heavy (non-hydrogen) atoms. The summed E-state index contributed by atoms with van der Waals surface area (Å²) in [5.41, 5.74) is 0.205. The highest BCUT2D eigenvalue weighted by Gasteiger charge is 2.40. The van der Waals surface area contributed by atoms with Gasteiger partial charge in [-0.2, -0.15) is 0 Å². The van der Waals surface area contributed by atoms with Crippen molar-refractivity contribution in [3.63, 3.8) is 0 Å². The van der Waals surface area contributed by atoms with Gasteiger partial charge in [0.05, 0.1) is 13.2 Å². The van der Waals surface area contributed by atoms with E-state index in [1.54, 1.807) is 7.11 Å². The topological polar surface area (TPSA) is 44.8 Å². The third-order valence-corrected chi connectivity index (χ3v) is 3.95. The van der Waals surface area contributed by atoms with Crippen LogP contribution in [0.2, 0.25) is 0 Å². The number of likely N-dealkylation sites (N-methyl/N-ethyl adjacent to an activating group) is 2. The zero-order valence-electron chi connectivity index (χ0n) is 12.2. The van der Waals surface area contributed by atoms with Crippen LogP contribution in [0.5, 0.6) is 0 Å². The molecular formula is C13H27N3O2. The minimum absolute atomic E-state index is 0.152. The molecule has 1 fully saturated rings. The quantitative estimate of drug-likeness (QED) is 0.629. The first-order chi connectivity index (χ1) is 8.52. The van der Waals surface area contributed by atoms with Crippen molar-refractivity contribution in [2.45, 2.75) is 24.8 Å². The van der Waals surface area contributed by atoms with Crippen LogP contribution in [0.1, 0.15) is 19.3 Å². The molecule has 1 N–H and O–H groups in total. The first-order valence-electron chi connectivity index (χ1n) is 6.63. The molecule has 1 rings (SSSR count). The number of carbonyl (C=O) groups is 1. The van der Waals surface area contributed by atoms with Gasteiger partial charge in [0.15, 0.2) is 0 Å². The Hall–Kier alpha value is -0.650. The lowest BCUT2D eigenvalue weighted by atomic mass is 9.75. The van der Waals surface area contributed by atoms with Crippen molar-refractivity contribution in [3.05, 3.63) is 0 Å². The third kappa shape index (κ3) is 3.93. The summed E-state index contributed by atoms with van der Waals surface area (Å²) >= 11 is 0. The molecule has 0 radical (unpaired) electrons. The number of hydrogen-bond donors (Lipinski definition) is 1. The van der Waals surface area contributed by atoms with Crippen LogP contribution in [0.15, 0.2) is 0 Å². The summed E-state index contributed by atoms with van der Waals surface area (Å²) < 4.78 is 4.93. The molecule has 1 aliphatic carbocycles. The fraction of sp³-hybridized carbons (Fsp3) is 0.923. The molecule has 0 spiro atoms. The summed E-state index contributed by atoms with van der Waals surface area (Å²) in [5.74, 6) is 0.152. The molecular weight excluding hydrogens is 230 g/mol. The highest BCUT2D eigenvalue weighted by Crippen LogP contribution is 2.36. The van der Waals surface area contributed by atoms with Crippen LogP contribution in [0.4, 0.5) is 0 Å². The van der Waals surface area contributed by atoms with E-state index in [4.69, 9.17) is 4.74 Å². The second-order valence-corrected chi connectivity index (χ2v) is 5.39. The zero-order chi connectivity index (χ0) is 13.6. The Kier molecular flexibility index (Phi) is 6.05. The Morgan fingerprint density at radius 1 is 1.33 bits per heavy atom. The molecule has 0 unspecified atom stereocenters. The number of ether oxygens (including phenoxy) is 1. The largest absolute Gasteiger partial charge is 0.383 e. The molecule has 0 atom stereocenters. The maximum Gasteiger partial charge on any atom is 0.236 e. The molecule has 1 saturated carbocycles. The van der Waals surface area contributed by atoms with Gasteiger partial charge in [0.2, 0.25) is 5.91 Å². The minimum Gasteiger partial charge on any atom is -0.383 e. The van der Waals surface area contributed by atoms with Crippen LogP contribution in [-0.4, -0.2) is 75.7 Å². The molecule has 0 aliphatic heterocycles. The third-order valence-electron chi connectivity index (χ3n) is 3.95. The molecule has 0 aromatic heterocycles. The molecule has 0 aromatic rings. The number of nitrogens with one attached hydrogen (secondary N) is 1. The van der Waals surface area contributed by atoms with E-state index in [2.05, 4.69) is 24.3 Å². The SMILES string of the molecule is COCCNCC(=O)N(C)CC1(N(C)C)CCC1. The van der Waals surface area contributed by atoms with Gasteiger partial charge in [-0.3, -0.25) is 4.79 Å². The zero-order valence-corrected chi connectivity index (χ0v) is 12.2. The molecule has 0 bridgehead atoms. The van der Waals surface area contributed by atoms with E-state index in [1.807, 2.05) is 11.9 Å². The first-order valence-corrected chi connectivity index (χ1v) is 6.63. The Morgan fingerprint density at radius 2 is 2.00 bits per heavy atom. The van der Waals surface area contributed by atoms with Gasteiger partial charge in [-0.25, -0.2) is 0 Å². The summed E-state index contributed by atoms with van der Waals surface area (Å²) in [5, 5.41) is 3.09. The Morgan fingerprint density at radius 3 is 2.44 bits per heavy atom. The van der Waals surface area contributed by atoms with Gasteiger partial charge in [0.25, 0.3) is 0 Å². The number of rotatable bonds is 8. The van der Waals surface area contributed by atoms with Gasteiger partial charge in [0.1, 0.15) is 0 Å². The van der Waals surface area contributed by atoms with Crippen molar-refractivity contribution in [2.75, 3.05) is 54.5 Å². The number of nitrogens with zero attached hydrogens (tertiary/aromatic N) is 2. The Balaban J connectivity index is 2.30. The molecule has 1 aliphatic rings. The lowest BCUT2D eigenvalue weighted by Crippen LogP contribution is -2.58. The van der Waals surface area contributed by atoms with Gasteiger partial charge in [-0.1, -0.05) is 0 Å². The molecule has 1 amide bonds. The van der Waals surface area contributed by atoms with Crippen molar-refractivity contribution in [1.29, 1.82) is 0 Å². The van der Waals surface area contributed by atoms with Gasteiger partial charge in [0, 0.05) is 32.8 Å². The van der Waals surface area contributed by atoms with Gasteiger partial charge >= 0.3 is 0 Å². The standard InChI is InChI=1S/C13H27N3O2/c1-15(2)13(6-5-7-13)11-16(3)12(17)10-14-8-9-18-4/h14H,5-11H2,1-4H3. The highest BCUT2D eigenvalue weighted by molar-refractivity contribution is 5.78. The van der Waals surface area contributed by atoms with Crippen LogP contribution < -0.4 is 5.32 Å². The molecule has 0 heterocycles. The predicted octanol–water partition coefficient (Wildman–Crippen LogP) is 0.165. The fourth-order valence-corrected chi connectivity index (χ4v) is 2.37. The van der Waals surface area contributed by atoms with E-state index in [9.17, 15) is 4.79 Å². The molecule has 0 saturated heterocycles. The van der Waals surface area contributed by atoms with Gasteiger partial charge in [-0.15, -0.1) is 0 Å². The fourth-order valence-electron chi connectivity index (χ4n) is 2.37. The molecule has 106 valence electrons. The van der Waals surface area contributed by atoms with Crippen molar-refractivity contribution in [3.8, 4) is 0 Å². The lowest BCUT2D eigenvalue weighted by Gasteiger charge is -2.49. The minimum atomic E-state index is 0.152. The summed E-state index contributed by atoms with van der Waals surface area (Å²) in [6.07, 6.45) is 3.65. The van der Waals surface area contributed by atoms with Crippen molar-refractivity contribution < 1.29 is 9.53 Å². The number of hydrogen-bond acceptors (Lipinski definition) is 4. The average molecular weight is 257 g/mol. The van der Waals surface area contributed by atoms with Crippen molar-refractivity contribution in [2.24, 2.45) is 0 Å². The summed E-state index contributed by atoms with van der Waals surface area (Å²) in [7, 11) is 7.76. The van der Waals surface area contributed by atoms with Crippen LogP contribution >= 0.6 is 0 Å².